The lowest BCUT2D eigenvalue weighted by molar-refractivity contribution is 0.00376. The van der Waals surface area contributed by atoms with Crippen molar-refractivity contribution in [2.75, 3.05) is 25.1 Å². The minimum Gasteiger partial charge on any atom is -0.412 e. The first-order chi connectivity index (χ1) is 11.4. The number of para-hydroxylation sites is 1. The van der Waals surface area contributed by atoms with Gasteiger partial charge in [-0.15, -0.1) is 0 Å². The quantitative estimate of drug-likeness (QED) is 0.621. The number of ether oxygens (including phenoxy) is 1. The maximum absolute atomic E-state index is 6.53. The van der Waals surface area contributed by atoms with Gasteiger partial charge in [0.15, 0.2) is 8.32 Å². The molecule has 1 aromatic rings. The van der Waals surface area contributed by atoms with Crippen molar-refractivity contribution in [3.63, 3.8) is 0 Å². The van der Waals surface area contributed by atoms with Crippen LogP contribution < -0.4 is 4.90 Å². The van der Waals surface area contributed by atoms with E-state index in [9.17, 15) is 0 Å². The van der Waals surface area contributed by atoms with Gasteiger partial charge in [0.05, 0.1) is 12.7 Å². The van der Waals surface area contributed by atoms with Gasteiger partial charge in [-0.1, -0.05) is 52.8 Å². The molecule has 0 bridgehead atoms. The highest BCUT2D eigenvalue weighted by Gasteiger charge is 2.41. The van der Waals surface area contributed by atoms with Crippen molar-refractivity contribution in [1.82, 2.24) is 0 Å². The topological polar surface area (TPSA) is 21.7 Å². The van der Waals surface area contributed by atoms with Crippen LogP contribution in [0.1, 0.15) is 58.8 Å². The first kappa shape index (κ1) is 20.5. The van der Waals surface area contributed by atoms with Gasteiger partial charge in [0, 0.05) is 42.4 Å². The van der Waals surface area contributed by atoms with E-state index >= 15 is 0 Å². The molecule has 0 N–H and O–H groups in total. The van der Waals surface area contributed by atoms with Crippen molar-refractivity contribution in [2.45, 2.75) is 72.4 Å². The molecule has 1 aromatic carbocycles. The number of methoxy groups -OCH3 is 1. The maximum atomic E-state index is 6.53. The number of anilines is 1. The summed E-state index contributed by atoms with van der Waals surface area (Å²) in [6.45, 7) is 21.0. The highest BCUT2D eigenvalue weighted by atomic mass is 28.4. The van der Waals surface area contributed by atoms with E-state index in [0.717, 1.165) is 13.1 Å². The molecule has 0 aromatic heterocycles. The third-order valence-corrected chi connectivity index (χ3v) is 10.5. The Morgan fingerprint density at radius 3 is 2.40 bits per heavy atom. The minimum atomic E-state index is -1.77. The number of fused-ring (bicyclic) bond motifs is 1. The standard InChI is InChI=1S/C21H37NO2Si/c1-10-22-15-21(5,6)19(23-7)17-13-11-12-16(18(17)22)14-24-25(8,9)20(2,3)4/h11-13,19H,10,14-15H2,1-9H3. The van der Waals surface area contributed by atoms with E-state index in [1.54, 1.807) is 0 Å². The van der Waals surface area contributed by atoms with E-state index in [1.807, 2.05) is 7.11 Å². The predicted octanol–water partition coefficient (Wildman–Crippen LogP) is 5.76. The zero-order valence-corrected chi connectivity index (χ0v) is 18.7. The normalized spacial score (nSPS) is 20.5. The lowest BCUT2D eigenvalue weighted by atomic mass is 9.77. The fourth-order valence-corrected chi connectivity index (χ4v) is 4.54. The second kappa shape index (κ2) is 7.05. The van der Waals surface area contributed by atoms with Crippen molar-refractivity contribution in [3.05, 3.63) is 29.3 Å². The number of nitrogens with zero attached hydrogens (tertiary/aromatic N) is 1. The van der Waals surface area contributed by atoms with Gasteiger partial charge in [-0.25, -0.2) is 0 Å². The highest BCUT2D eigenvalue weighted by molar-refractivity contribution is 6.74. The van der Waals surface area contributed by atoms with E-state index in [1.165, 1.54) is 16.8 Å². The number of hydrogen-bond donors (Lipinski definition) is 0. The molecule has 1 aliphatic heterocycles. The third kappa shape index (κ3) is 3.96. The van der Waals surface area contributed by atoms with Crippen molar-refractivity contribution in [1.29, 1.82) is 0 Å². The summed E-state index contributed by atoms with van der Waals surface area (Å²) in [7, 11) is 0.0614. The van der Waals surface area contributed by atoms with Gasteiger partial charge < -0.3 is 14.1 Å². The fraction of sp³-hybridized carbons (Fsp3) is 0.714. The summed E-state index contributed by atoms with van der Waals surface area (Å²) in [5.41, 5.74) is 4.02. The molecule has 0 fully saturated rings. The Balaban J connectivity index is 2.40. The predicted molar refractivity (Wildman–Crippen MR) is 110 cm³/mol. The van der Waals surface area contributed by atoms with Crippen LogP contribution in [0, 0.1) is 5.41 Å². The van der Waals surface area contributed by atoms with E-state index in [-0.39, 0.29) is 16.6 Å². The summed E-state index contributed by atoms with van der Waals surface area (Å²) in [5, 5.41) is 0.226. The second-order valence-corrected chi connectivity index (χ2v) is 14.3. The smallest absolute Gasteiger partial charge is 0.192 e. The molecule has 0 saturated heterocycles. The molecule has 0 radical (unpaired) electrons. The van der Waals surface area contributed by atoms with Gasteiger partial charge in [0.1, 0.15) is 0 Å². The van der Waals surface area contributed by atoms with Crippen molar-refractivity contribution >= 4 is 14.0 Å². The van der Waals surface area contributed by atoms with Crippen LogP contribution in [0.4, 0.5) is 5.69 Å². The van der Waals surface area contributed by atoms with Crippen molar-refractivity contribution in [3.8, 4) is 0 Å². The molecule has 1 atom stereocenters. The van der Waals surface area contributed by atoms with Gasteiger partial charge >= 0.3 is 0 Å². The first-order valence-electron chi connectivity index (χ1n) is 9.48. The van der Waals surface area contributed by atoms with Crippen LogP contribution in [0.2, 0.25) is 18.1 Å². The van der Waals surface area contributed by atoms with Crippen molar-refractivity contribution in [2.24, 2.45) is 5.41 Å². The van der Waals surface area contributed by atoms with Crippen LogP contribution in [0.5, 0.6) is 0 Å². The number of hydrogen-bond acceptors (Lipinski definition) is 3. The van der Waals surface area contributed by atoms with Crippen molar-refractivity contribution < 1.29 is 9.16 Å². The summed E-state index contributed by atoms with van der Waals surface area (Å²) < 4.78 is 12.5. The molecule has 25 heavy (non-hydrogen) atoms. The zero-order valence-electron chi connectivity index (χ0n) is 17.7. The average Bonchev–Trinajstić information content (AvgIpc) is 2.50. The summed E-state index contributed by atoms with van der Waals surface area (Å²) in [6.07, 6.45) is 0.123. The van der Waals surface area contributed by atoms with Gasteiger partial charge in [0.2, 0.25) is 0 Å². The van der Waals surface area contributed by atoms with Gasteiger partial charge in [0.25, 0.3) is 0 Å². The van der Waals surface area contributed by atoms with Crippen LogP contribution in [-0.4, -0.2) is 28.5 Å². The molecule has 1 aliphatic rings. The van der Waals surface area contributed by atoms with Crippen LogP contribution in [-0.2, 0) is 15.8 Å². The maximum Gasteiger partial charge on any atom is 0.192 e. The summed E-state index contributed by atoms with van der Waals surface area (Å²) in [5.74, 6) is 0. The molecule has 142 valence electrons. The van der Waals surface area contributed by atoms with Gasteiger partial charge in [-0.3, -0.25) is 0 Å². The Kier molecular flexibility index (Phi) is 5.77. The molecular weight excluding hydrogens is 326 g/mol. The molecule has 4 heteroatoms. The third-order valence-electron chi connectivity index (χ3n) is 6.07. The molecule has 1 heterocycles. The highest BCUT2D eigenvalue weighted by Crippen LogP contribution is 2.47. The lowest BCUT2D eigenvalue weighted by Crippen LogP contribution is -2.44. The van der Waals surface area contributed by atoms with Crippen LogP contribution >= 0.6 is 0 Å². The Labute approximate surface area is 155 Å². The molecule has 0 aliphatic carbocycles. The summed E-state index contributed by atoms with van der Waals surface area (Å²) in [4.78, 5) is 2.50. The van der Waals surface area contributed by atoms with Crippen LogP contribution in [0.3, 0.4) is 0 Å². The monoisotopic (exact) mass is 363 g/mol. The number of benzene rings is 1. The van der Waals surface area contributed by atoms with Gasteiger partial charge in [-0.2, -0.15) is 0 Å². The molecule has 0 amide bonds. The molecule has 0 spiro atoms. The van der Waals surface area contributed by atoms with Crippen LogP contribution in [0.15, 0.2) is 18.2 Å². The molecular formula is C21H37NO2Si. The molecule has 0 saturated carbocycles. The number of rotatable bonds is 5. The summed E-state index contributed by atoms with van der Waals surface area (Å²) in [6, 6.07) is 6.60. The van der Waals surface area contributed by atoms with Crippen LogP contribution in [0.25, 0.3) is 0 Å². The zero-order chi connectivity index (χ0) is 19.0. The van der Waals surface area contributed by atoms with E-state index in [0.29, 0.717) is 6.61 Å². The van der Waals surface area contributed by atoms with E-state index < -0.39 is 8.32 Å². The molecule has 2 rings (SSSR count). The first-order valence-corrected chi connectivity index (χ1v) is 12.4. The average molecular weight is 364 g/mol. The van der Waals surface area contributed by atoms with E-state index in [4.69, 9.17) is 9.16 Å². The second-order valence-electron chi connectivity index (χ2n) is 9.52. The Morgan fingerprint density at radius 1 is 1.24 bits per heavy atom. The Bertz CT molecular complexity index is 604. The van der Waals surface area contributed by atoms with Gasteiger partial charge in [-0.05, 0) is 25.1 Å². The Morgan fingerprint density at radius 2 is 1.88 bits per heavy atom. The lowest BCUT2D eigenvalue weighted by Gasteiger charge is -2.46. The minimum absolute atomic E-state index is 0.0939. The fourth-order valence-electron chi connectivity index (χ4n) is 3.59. The molecule has 1 unspecified atom stereocenters. The summed E-state index contributed by atoms with van der Waals surface area (Å²) >= 11 is 0. The van der Waals surface area contributed by atoms with E-state index in [2.05, 4.69) is 77.7 Å². The largest absolute Gasteiger partial charge is 0.412 e. The SMILES string of the molecule is CCN1CC(C)(C)C(OC)c2cccc(CO[Si](C)(C)C(C)(C)C)c21. The molecule has 3 nitrogen and oxygen atoms in total. The Hall–Kier alpha value is -0.843.